The first-order valence-electron chi connectivity index (χ1n) is 4.21. The van der Waals surface area contributed by atoms with Crippen molar-refractivity contribution in [3.05, 3.63) is 35.9 Å². The first-order chi connectivity index (χ1) is 6.77. The molecule has 0 aliphatic carbocycles. The van der Waals surface area contributed by atoms with Gasteiger partial charge in [0.1, 0.15) is 0 Å². The topological polar surface area (TPSA) is 49.3 Å². The van der Waals surface area contributed by atoms with E-state index in [2.05, 4.69) is 5.32 Å². The highest BCUT2D eigenvalue weighted by molar-refractivity contribution is 5.93. The standard InChI is InChI=1S/C11H11NO2/c1-2-11(14)12-10(8-13)9-6-4-3-5-7-9/h1,3-7,10,13H,8H2,(H,12,14). The molecule has 0 fully saturated rings. The molecule has 1 unspecified atom stereocenters. The summed E-state index contributed by atoms with van der Waals surface area (Å²) in [5, 5.41) is 11.5. The van der Waals surface area contributed by atoms with Gasteiger partial charge in [-0.1, -0.05) is 30.3 Å². The number of aliphatic hydroxyl groups excluding tert-OH is 1. The first kappa shape index (κ1) is 10.3. The quantitative estimate of drug-likeness (QED) is 0.679. The molecule has 0 aliphatic heterocycles. The second kappa shape index (κ2) is 5.05. The number of carbonyl (C=O) groups is 1. The lowest BCUT2D eigenvalue weighted by Gasteiger charge is -2.14. The predicted molar refractivity (Wildman–Crippen MR) is 53.2 cm³/mol. The summed E-state index contributed by atoms with van der Waals surface area (Å²) in [6.45, 7) is -0.169. The van der Waals surface area contributed by atoms with E-state index in [1.54, 1.807) is 0 Å². The maximum atomic E-state index is 10.9. The molecule has 0 saturated carbocycles. The molecule has 0 spiro atoms. The van der Waals surface area contributed by atoms with Crippen LogP contribution in [0.15, 0.2) is 30.3 Å². The van der Waals surface area contributed by atoms with E-state index in [1.165, 1.54) is 0 Å². The molecule has 0 aliphatic rings. The van der Waals surface area contributed by atoms with E-state index >= 15 is 0 Å². The van der Waals surface area contributed by atoms with Crippen LogP contribution in [0, 0.1) is 12.3 Å². The van der Waals surface area contributed by atoms with Gasteiger partial charge in [0.05, 0.1) is 12.6 Å². The summed E-state index contributed by atoms with van der Waals surface area (Å²) >= 11 is 0. The fourth-order valence-corrected chi connectivity index (χ4v) is 1.12. The van der Waals surface area contributed by atoms with Crippen molar-refractivity contribution in [2.45, 2.75) is 6.04 Å². The fraction of sp³-hybridized carbons (Fsp3) is 0.182. The zero-order chi connectivity index (χ0) is 10.4. The Labute approximate surface area is 82.8 Å². The molecule has 1 atom stereocenters. The number of hydrogen-bond acceptors (Lipinski definition) is 2. The zero-order valence-corrected chi connectivity index (χ0v) is 7.60. The van der Waals surface area contributed by atoms with Gasteiger partial charge in [0, 0.05) is 0 Å². The second-order valence-corrected chi connectivity index (χ2v) is 2.76. The number of hydrogen-bond donors (Lipinski definition) is 2. The average molecular weight is 189 g/mol. The minimum absolute atomic E-state index is 0.169. The van der Waals surface area contributed by atoms with E-state index in [1.807, 2.05) is 36.3 Å². The van der Waals surface area contributed by atoms with Gasteiger partial charge in [0.25, 0.3) is 5.91 Å². The largest absolute Gasteiger partial charge is 0.394 e. The predicted octanol–water partition coefficient (Wildman–Crippen LogP) is 0.469. The Balaban J connectivity index is 2.74. The Bertz CT molecular complexity index is 340. The van der Waals surface area contributed by atoms with Crippen LogP contribution < -0.4 is 5.32 Å². The number of benzene rings is 1. The molecule has 14 heavy (non-hydrogen) atoms. The summed E-state index contributed by atoms with van der Waals surface area (Å²) in [5.74, 6) is 1.42. The van der Waals surface area contributed by atoms with Gasteiger partial charge in [-0.05, 0) is 11.5 Å². The molecule has 0 aromatic heterocycles. The Hall–Kier alpha value is -1.79. The van der Waals surface area contributed by atoms with Crippen LogP contribution in [0.2, 0.25) is 0 Å². The van der Waals surface area contributed by atoms with E-state index in [-0.39, 0.29) is 6.61 Å². The lowest BCUT2D eigenvalue weighted by atomic mass is 10.1. The molecular weight excluding hydrogens is 178 g/mol. The van der Waals surface area contributed by atoms with Gasteiger partial charge >= 0.3 is 0 Å². The van der Waals surface area contributed by atoms with Gasteiger partial charge in [-0.15, -0.1) is 6.42 Å². The number of aliphatic hydroxyl groups is 1. The van der Waals surface area contributed by atoms with Crippen LogP contribution >= 0.6 is 0 Å². The number of rotatable bonds is 3. The van der Waals surface area contributed by atoms with E-state index in [0.29, 0.717) is 0 Å². The molecule has 0 radical (unpaired) electrons. The van der Waals surface area contributed by atoms with E-state index in [4.69, 9.17) is 11.5 Å². The van der Waals surface area contributed by atoms with Gasteiger partial charge in [-0.25, -0.2) is 0 Å². The summed E-state index contributed by atoms with van der Waals surface area (Å²) in [5.41, 5.74) is 0.832. The van der Waals surface area contributed by atoms with Crippen molar-refractivity contribution in [1.82, 2.24) is 5.32 Å². The molecule has 1 amide bonds. The summed E-state index contributed by atoms with van der Waals surface area (Å²) in [6, 6.07) is 8.73. The van der Waals surface area contributed by atoms with Gasteiger partial charge < -0.3 is 10.4 Å². The number of terminal acetylenes is 1. The van der Waals surface area contributed by atoms with Crippen LogP contribution in [0.4, 0.5) is 0 Å². The third kappa shape index (κ3) is 2.61. The lowest BCUT2D eigenvalue weighted by Crippen LogP contribution is -2.29. The highest BCUT2D eigenvalue weighted by Gasteiger charge is 2.10. The second-order valence-electron chi connectivity index (χ2n) is 2.76. The monoisotopic (exact) mass is 189 g/mol. The fourth-order valence-electron chi connectivity index (χ4n) is 1.12. The number of amides is 1. The first-order valence-corrected chi connectivity index (χ1v) is 4.21. The molecule has 1 rings (SSSR count). The Morgan fingerprint density at radius 1 is 1.50 bits per heavy atom. The minimum atomic E-state index is -0.520. The maximum absolute atomic E-state index is 10.9. The molecule has 3 nitrogen and oxygen atoms in total. The molecule has 2 N–H and O–H groups in total. The maximum Gasteiger partial charge on any atom is 0.296 e. The average Bonchev–Trinajstić information content (AvgIpc) is 2.26. The van der Waals surface area contributed by atoms with E-state index in [9.17, 15) is 4.79 Å². The molecule has 3 heteroatoms. The van der Waals surface area contributed by atoms with Crippen molar-refractivity contribution in [3.63, 3.8) is 0 Å². The summed E-state index contributed by atoms with van der Waals surface area (Å²) in [6.07, 6.45) is 4.91. The SMILES string of the molecule is C#CC(=O)NC(CO)c1ccccc1. The molecule has 1 aromatic rings. The van der Waals surface area contributed by atoms with Crippen LogP contribution in [0.25, 0.3) is 0 Å². The van der Waals surface area contributed by atoms with Crippen LogP contribution in [0.1, 0.15) is 11.6 Å². The van der Waals surface area contributed by atoms with Gasteiger partial charge in [0.15, 0.2) is 0 Å². The molecule has 0 heterocycles. The van der Waals surface area contributed by atoms with Crippen LogP contribution in [-0.4, -0.2) is 17.6 Å². The number of carbonyl (C=O) groups excluding carboxylic acids is 1. The van der Waals surface area contributed by atoms with Crippen molar-refractivity contribution >= 4 is 5.91 Å². The Kier molecular flexibility index (Phi) is 3.71. The molecular formula is C11H11NO2. The van der Waals surface area contributed by atoms with E-state index in [0.717, 1.165) is 5.56 Å². The zero-order valence-electron chi connectivity index (χ0n) is 7.60. The summed E-state index contributed by atoms with van der Waals surface area (Å²) in [7, 11) is 0. The molecule has 0 saturated heterocycles. The lowest BCUT2D eigenvalue weighted by molar-refractivity contribution is -0.116. The summed E-state index contributed by atoms with van der Waals surface area (Å²) < 4.78 is 0. The van der Waals surface area contributed by atoms with Crippen molar-refractivity contribution in [1.29, 1.82) is 0 Å². The molecule has 0 bridgehead atoms. The number of nitrogens with one attached hydrogen (secondary N) is 1. The third-order valence-corrected chi connectivity index (χ3v) is 1.82. The van der Waals surface area contributed by atoms with Crippen molar-refractivity contribution in [3.8, 4) is 12.3 Å². The highest BCUT2D eigenvalue weighted by Crippen LogP contribution is 2.10. The molecule has 72 valence electrons. The van der Waals surface area contributed by atoms with Crippen LogP contribution in [-0.2, 0) is 4.79 Å². The minimum Gasteiger partial charge on any atom is -0.394 e. The molecule has 1 aromatic carbocycles. The van der Waals surface area contributed by atoms with Crippen LogP contribution in [0.5, 0.6) is 0 Å². The van der Waals surface area contributed by atoms with Gasteiger partial charge in [-0.2, -0.15) is 0 Å². The van der Waals surface area contributed by atoms with E-state index < -0.39 is 11.9 Å². The van der Waals surface area contributed by atoms with Crippen molar-refractivity contribution < 1.29 is 9.90 Å². The van der Waals surface area contributed by atoms with Gasteiger partial charge in [0.2, 0.25) is 0 Å². The van der Waals surface area contributed by atoms with Crippen LogP contribution in [0.3, 0.4) is 0 Å². The Morgan fingerprint density at radius 2 is 2.14 bits per heavy atom. The highest BCUT2D eigenvalue weighted by atomic mass is 16.3. The van der Waals surface area contributed by atoms with Crippen molar-refractivity contribution in [2.75, 3.05) is 6.61 Å². The van der Waals surface area contributed by atoms with Crippen molar-refractivity contribution in [2.24, 2.45) is 0 Å². The van der Waals surface area contributed by atoms with Gasteiger partial charge in [-0.3, -0.25) is 4.79 Å². The Morgan fingerprint density at radius 3 is 2.64 bits per heavy atom. The summed E-state index contributed by atoms with van der Waals surface area (Å²) in [4.78, 5) is 10.9. The smallest absolute Gasteiger partial charge is 0.296 e. The third-order valence-electron chi connectivity index (χ3n) is 1.82. The normalized spacial score (nSPS) is 11.4.